The fourth-order valence-electron chi connectivity index (χ4n) is 1.45. The zero-order chi connectivity index (χ0) is 12.8. The fraction of sp³-hybridized carbons (Fsp3) is 0.231. The minimum absolute atomic E-state index is 0.0824. The third-order valence-corrected chi connectivity index (χ3v) is 3.50. The van der Waals surface area contributed by atoms with Crippen molar-refractivity contribution >= 4 is 22.9 Å². The molecule has 96 valence electrons. The lowest BCUT2D eigenvalue weighted by Gasteiger charge is -2.08. The maximum absolute atomic E-state index is 13.5. The Bertz CT molecular complexity index is 490. The first-order valence-corrected chi connectivity index (χ1v) is 6.83. The van der Waals surface area contributed by atoms with E-state index in [1.165, 1.54) is 10.9 Å². The van der Waals surface area contributed by atoms with Gasteiger partial charge in [0.2, 0.25) is 0 Å². The fourth-order valence-corrected chi connectivity index (χ4v) is 2.29. The summed E-state index contributed by atoms with van der Waals surface area (Å²) < 4.78 is 18.8. The molecule has 1 aromatic heterocycles. The van der Waals surface area contributed by atoms with Crippen molar-refractivity contribution in [1.29, 1.82) is 0 Å². The molecular formula is C13H13ClFNOS. The molecule has 5 heteroatoms. The largest absolute Gasteiger partial charge is 0.489 e. The van der Waals surface area contributed by atoms with E-state index in [1.807, 2.05) is 11.4 Å². The molecule has 0 aliphatic heterocycles. The molecule has 0 amide bonds. The molecule has 18 heavy (non-hydrogen) atoms. The molecule has 0 aliphatic rings. The molecule has 1 N–H and O–H groups in total. The zero-order valence-electron chi connectivity index (χ0n) is 9.66. The van der Waals surface area contributed by atoms with Gasteiger partial charge in [-0.2, -0.15) is 0 Å². The third kappa shape index (κ3) is 3.70. The Morgan fingerprint density at radius 3 is 2.94 bits per heavy atom. The number of halogens is 2. The second-order valence-corrected chi connectivity index (χ2v) is 5.10. The van der Waals surface area contributed by atoms with Crippen LogP contribution < -0.4 is 10.1 Å². The van der Waals surface area contributed by atoms with Crippen molar-refractivity contribution in [2.75, 3.05) is 13.2 Å². The highest BCUT2D eigenvalue weighted by molar-refractivity contribution is 7.09. The maximum atomic E-state index is 13.5. The van der Waals surface area contributed by atoms with E-state index in [4.69, 9.17) is 16.3 Å². The Morgan fingerprint density at radius 1 is 1.28 bits per heavy atom. The third-order valence-electron chi connectivity index (χ3n) is 2.33. The van der Waals surface area contributed by atoms with Gasteiger partial charge >= 0.3 is 0 Å². The van der Waals surface area contributed by atoms with Crippen LogP contribution in [-0.4, -0.2) is 13.2 Å². The van der Waals surface area contributed by atoms with Gasteiger partial charge in [0.05, 0.1) is 5.02 Å². The molecule has 1 aromatic carbocycles. The van der Waals surface area contributed by atoms with Gasteiger partial charge in [-0.1, -0.05) is 23.7 Å². The summed E-state index contributed by atoms with van der Waals surface area (Å²) in [6.07, 6.45) is 0. The monoisotopic (exact) mass is 285 g/mol. The van der Waals surface area contributed by atoms with Gasteiger partial charge in [-0.25, -0.2) is 4.39 Å². The molecule has 0 bridgehead atoms. The number of rotatable bonds is 6. The highest BCUT2D eigenvalue weighted by Gasteiger charge is 2.06. The van der Waals surface area contributed by atoms with Crippen molar-refractivity contribution in [3.8, 4) is 5.75 Å². The summed E-state index contributed by atoms with van der Waals surface area (Å²) in [5, 5.41) is 5.34. The molecule has 2 rings (SSSR count). The second kappa shape index (κ2) is 6.73. The number of ether oxygens (including phenoxy) is 1. The van der Waals surface area contributed by atoms with E-state index in [-0.39, 0.29) is 10.8 Å². The van der Waals surface area contributed by atoms with Crippen LogP contribution in [0.5, 0.6) is 5.75 Å². The highest BCUT2D eigenvalue weighted by atomic mass is 35.5. The minimum atomic E-state index is -0.502. The average molecular weight is 286 g/mol. The average Bonchev–Trinajstić information content (AvgIpc) is 2.87. The van der Waals surface area contributed by atoms with E-state index in [9.17, 15) is 4.39 Å². The van der Waals surface area contributed by atoms with Crippen LogP contribution in [0.15, 0.2) is 35.7 Å². The summed E-state index contributed by atoms with van der Waals surface area (Å²) in [6, 6.07) is 8.81. The molecule has 0 atom stereocenters. The lowest BCUT2D eigenvalue weighted by atomic mass is 10.3. The number of thiophene rings is 1. The van der Waals surface area contributed by atoms with Gasteiger partial charge in [0.15, 0.2) is 11.6 Å². The molecule has 0 spiro atoms. The van der Waals surface area contributed by atoms with Crippen molar-refractivity contribution in [2.24, 2.45) is 0 Å². The van der Waals surface area contributed by atoms with Crippen LogP contribution >= 0.6 is 22.9 Å². The van der Waals surface area contributed by atoms with E-state index < -0.39 is 5.82 Å². The zero-order valence-corrected chi connectivity index (χ0v) is 11.2. The van der Waals surface area contributed by atoms with Gasteiger partial charge in [0, 0.05) is 18.0 Å². The standard InChI is InChI=1S/C13H13ClFNOS/c14-11-4-1-5-12(13(11)15)17-7-6-16-9-10-3-2-8-18-10/h1-5,8,16H,6-7,9H2. The Morgan fingerprint density at radius 2 is 2.17 bits per heavy atom. The first kappa shape index (κ1) is 13.3. The van der Waals surface area contributed by atoms with Crippen molar-refractivity contribution in [3.63, 3.8) is 0 Å². The van der Waals surface area contributed by atoms with Crippen LogP contribution in [-0.2, 0) is 6.54 Å². The molecule has 0 saturated carbocycles. The molecule has 1 heterocycles. The van der Waals surface area contributed by atoms with Crippen LogP contribution in [0.1, 0.15) is 4.88 Å². The van der Waals surface area contributed by atoms with Crippen molar-refractivity contribution < 1.29 is 9.13 Å². The van der Waals surface area contributed by atoms with Gasteiger partial charge in [0.1, 0.15) is 6.61 Å². The predicted octanol–water partition coefficient (Wildman–Crippen LogP) is 3.71. The lowest BCUT2D eigenvalue weighted by molar-refractivity contribution is 0.298. The van der Waals surface area contributed by atoms with Gasteiger partial charge in [-0.05, 0) is 23.6 Å². The van der Waals surface area contributed by atoms with E-state index in [0.717, 1.165) is 6.54 Å². The number of hydrogen-bond acceptors (Lipinski definition) is 3. The lowest BCUT2D eigenvalue weighted by Crippen LogP contribution is -2.20. The molecular weight excluding hydrogens is 273 g/mol. The van der Waals surface area contributed by atoms with Crippen LogP contribution in [0.4, 0.5) is 4.39 Å². The topological polar surface area (TPSA) is 21.3 Å². The molecule has 2 aromatic rings. The summed E-state index contributed by atoms with van der Waals surface area (Å²) in [5.41, 5.74) is 0. The molecule has 0 aliphatic carbocycles. The smallest absolute Gasteiger partial charge is 0.183 e. The van der Waals surface area contributed by atoms with E-state index >= 15 is 0 Å². The Labute approximate surface area is 114 Å². The number of benzene rings is 1. The number of hydrogen-bond donors (Lipinski definition) is 1. The molecule has 0 radical (unpaired) electrons. The summed E-state index contributed by atoms with van der Waals surface area (Å²) in [5.74, 6) is -0.308. The van der Waals surface area contributed by atoms with Crippen LogP contribution in [0, 0.1) is 5.82 Å². The van der Waals surface area contributed by atoms with Crippen molar-refractivity contribution in [3.05, 3.63) is 51.4 Å². The molecule has 2 nitrogen and oxygen atoms in total. The SMILES string of the molecule is Fc1c(Cl)cccc1OCCNCc1cccs1. The summed E-state index contributed by atoms with van der Waals surface area (Å²) in [7, 11) is 0. The van der Waals surface area contributed by atoms with Gasteiger partial charge in [-0.3, -0.25) is 0 Å². The summed E-state index contributed by atoms with van der Waals surface area (Å²) in [6.45, 7) is 1.87. The predicted molar refractivity (Wildman–Crippen MR) is 72.9 cm³/mol. The second-order valence-electron chi connectivity index (χ2n) is 3.66. The quantitative estimate of drug-likeness (QED) is 0.817. The highest BCUT2D eigenvalue weighted by Crippen LogP contribution is 2.23. The Hall–Kier alpha value is -1.10. The van der Waals surface area contributed by atoms with E-state index in [1.54, 1.807) is 23.5 Å². The van der Waals surface area contributed by atoms with Gasteiger partial charge < -0.3 is 10.1 Å². The molecule has 0 unspecified atom stereocenters. The molecule has 0 saturated heterocycles. The number of nitrogens with one attached hydrogen (secondary N) is 1. The first-order chi connectivity index (χ1) is 8.77. The van der Waals surface area contributed by atoms with E-state index in [0.29, 0.717) is 13.2 Å². The van der Waals surface area contributed by atoms with Crippen LogP contribution in [0.3, 0.4) is 0 Å². The van der Waals surface area contributed by atoms with Gasteiger partial charge in [0.25, 0.3) is 0 Å². The normalized spacial score (nSPS) is 10.6. The first-order valence-electron chi connectivity index (χ1n) is 5.57. The Balaban J connectivity index is 1.70. The maximum Gasteiger partial charge on any atom is 0.183 e. The van der Waals surface area contributed by atoms with Crippen LogP contribution in [0.2, 0.25) is 5.02 Å². The molecule has 0 fully saturated rings. The van der Waals surface area contributed by atoms with E-state index in [2.05, 4.69) is 11.4 Å². The van der Waals surface area contributed by atoms with Crippen molar-refractivity contribution in [2.45, 2.75) is 6.54 Å². The van der Waals surface area contributed by atoms with Crippen LogP contribution in [0.25, 0.3) is 0 Å². The minimum Gasteiger partial charge on any atom is -0.489 e. The summed E-state index contributed by atoms with van der Waals surface area (Å²) in [4.78, 5) is 1.27. The van der Waals surface area contributed by atoms with Crippen molar-refractivity contribution in [1.82, 2.24) is 5.32 Å². The Kier molecular flexibility index (Phi) is 4.99. The van der Waals surface area contributed by atoms with Gasteiger partial charge in [-0.15, -0.1) is 11.3 Å². The summed E-state index contributed by atoms with van der Waals surface area (Å²) >= 11 is 7.35.